The van der Waals surface area contributed by atoms with Crippen molar-refractivity contribution in [2.45, 2.75) is 47.4 Å². The number of rotatable bonds is 8. The van der Waals surface area contributed by atoms with Crippen molar-refractivity contribution in [3.05, 3.63) is 0 Å². The van der Waals surface area contributed by atoms with Crippen LogP contribution in [0.25, 0.3) is 0 Å². The average molecular weight is 348 g/mol. The first kappa shape index (κ1) is 17.1. The largest absolute Gasteiger partial charge is 0.377 e. The molecule has 0 saturated carbocycles. The Bertz CT molecular complexity index is 436. The molecule has 118 valence electrons. The Kier molecular flexibility index (Phi) is 7.84. The first-order valence-corrected chi connectivity index (χ1v) is 10.0. The first-order chi connectivity index (χ1) is 10.3. The maximum atomic E-state index is 11.5. The van der Waals surface area contributed by atoms with Gasteiger partial charge in [-0.25, -0.2) is 0 Å². The van der Waals surface area contributed by atoms with Crippen LogP contribution in [0.4, 0.5) is 0 Å². The maximum absolute atomic E-state index is 11.5. The summed E-state index contributed by atoms with van der Waals surface area (Å²) in [5.74, 6) is 1.41. The van der Waals surface area contributed by atoms with Gasteiger partial charge in [0.1, 0.15) is 0 Å². The van der Waals surface area contributed by atoms with Crippen LogP contribution in [0.15, 0.2) is 8.68 Å². The summed E-state index contributed by atoms with van der Waals surface area (Å²) in [5, 5.41) is 11.1. The standard InChI is InChI=1S/C13H21N3O2S3/c1-2-6-14-11(17)9-20-13-16-15-12(21-13)19-8-10-5-3-4-7-18-10/h10H,2-9H2,1H3,(H,14,17)/t10-/m0/s1. The molecule has 1 atom stereocenters. The van der Waals surface area contributed by atoms with Crippen LogP contribution in [0, 0.1) is 0 Å². The molecule has 0 bridgehead atoms. The Labute approximate surface area is 138 Å². The van der Waals surface area contributed by atoms with Crippen molar-refractivity contribution in [2.75, 3.05) is 24.7 Å². The average Bonchev–Trinajstić information content (AvgIpc) is 2.98. The molecule has 0 unspecified atom stereocenters. The molecule has 0 radical (unpaired) electrons. The zero-order chi connectivity index (χ0) is 14.9. The third kappa shape index (κ3) is 6.54. The summed E-state index contributed by atoms with van der Waals surface area (Å²) in [4.78, 5) is 11.5. The predicted octanol–water partition coefficient (Wildman–Crippen LogP) is 2.82. The third-order valence-electron chi connectivity index (χ3n) is 2.95. The number of nitrogens with one attached hydrogen (secondary N) is 1. The summed E-state index contributed by atoms with van der Waals surface area (Å²) in [5.41, 5.74) is 0. The van der Waals surface area contributed by atoms with Crippen molar-refractivity contribution >= 4 is 40.8 Å². The molecule has 1 aliphatic rings. The summed E-state index contributed by atoms with van der Waals surface area (Å²) in [7, 11) is 0. The van der Waals surface area contributed by atoms with Gasteiger partial charge >= 0.3 is 0 Å². The molecule has 1 amide bonds. The number of nitrogens with zero attached hydrogens (tertiary/aromatic N) is 2. The highest BCUT2D eigenvalue weighted by Gasteiger charge is 2.15. The molecule has 1 fully saturated rings. The molecule has 2 rings (SSSR count). The van der Waals surface area contributed by atoms with Gasteiger partial charge < -0.3 is 10.1 Å². The lowest BCUT2D eigenvalue weighted by molar-refractivity contribution is -0.118. The molecular formula is C13H21N3O2S3. The highest BCUT2D eigenvalue weighted by molar-refractivity contribution is 8.03. The second kappa shape index (κ2) is 9.66. The second-order valence-corrected chi connectivity index (χ2v) is 8.24. The maximum Gasteiger partial charge on any atom is 0.230 e. The molecule has 21 heavy (non-hydrogen) atoms. The Hall–Kier alpha value is -0.310. The fourth-order valence-corrected chi connectivity index (χ4v) is 4.80. The molecule has 0 spiro atoms. The van der Waals surface area contributed by atoms with E-state index in [0.717, 1.165) is 40.4 Å². The Morgan fingerprint density at radius 1 is 1.38 bits per heavy atom. The van der Waals surface area contributed by atoms with E-state index in [1.54, 1.807) is 23.1 Å². The Morgan fingerprint density at radius 2 is 2.19 bits per heavy atom. The van der Waals surface area contributed by atoms with Crippen molar-refractivity contribution < 1.29 is 9.53 Å². The van der Waals surface area contributed by atoms with E-state index in [4.69, 9.17) is 4.74 Å². The Balaban J connectivity index is 1.67. The van der Waals surface area contributed by atoms with Crippen LogP contribution in [0.3, 0.4) is 0 Å². The zero-order valence-electron chi connectivity index (χ0n) is 12.2. The summed E-state index contributed by atoms with van der Waals surface area (Å²) in [6.45, 7) is 3.66. The van der Waals surface area contributed by atoms with Crippen LogP contribution in [0.1, 0.15) is 32.6 Å². The van der Waals surface area contributed by atoms with Gasteiger partial charge in [0.05, 0.1) is 11.9 Å². The van der Waals surface area contributed by atoms with Crippen LogP contribution in [-0.4, -0.2) is 46.9 Å². The van der Waals surface area contributed by atoms with Gasteiger partial charge in [-0.2, -0.15) is 0 Å². The van der Waals surface area contributed by atoms with E-state index >= 15 is 0 Å². The fraction of sp³-hybridized carbons (Fsp3) is 0.769. The quantitative estimate of drug-likeness (QED) is 0.730. The number of thioether (sulfide) groups is 2. The molecule has 0 aliphatic carbocycles. The minimum Gasteiger partial charge on any atom is -0.377 e. The lowest BCUT2D eigenvalue weighted by atomic mass is 10.1. The zero-order valence-corrected chi connectivity index (χ0v) is 14.6. The SMILES string of the molecule is CCCNC(=O)CSc1nnc(SC[C@@H]2CCCCO2)s1. The number of carbonyl (C=O) groups excluding carboxylic acids is 1. The molecular weight excluding hydrogens is 326 g/mol. The highest BCUT2D eigenvalue weighted by atomic mass is 32.2. The van der Waals surface area contributed by atoms with Gasteiger partial charge in [-0.3, -0.25) is 4.79 Å². The lowest BCUT2D eigenvalue weighted by Gasteiger charge is -2.21. The number of aromatic nitrogens is 2. The van der Waals surface area contributed by atoms with Crippen LogP contribution in [0.5, 0.6) is 0 Å². The van der Waals surface area contributed by atoms with Crippen molar-refractivity contribution in [1.82, 2.24) is 15.5 Å². The van der Waals surface area contributed by atoms with Gasteiger partial charge in [-0.1, -0.05) is 41.8 Å². The molecule has 1 saturated heterocycles. The number of hydrogen-bond acceptors (Lipinski definition) is 7. The smallest absolute Gasteiger partial charge is 0.230 e. The third-order valence-corrected chi connectivity index (χ3v) is 6.28. The normalized spacial score (nSPS) is 18.6. The lowest BCUT2D eigenvalue weighted by Crippen LogP contribution is -2.25. The van der Waals surface area contributed by atoms with Crippen LogP contribution >= 0.6 is 34.9 Å². The van der Waals surface area contributed by atoms with E-state index in [-0.39, 0.29) is 5.91 Å². The molecule has 1 aromatic rings. The summed E-state index contributed by atoms with van der Waals surface area (Å²) >= 11 is 4.71. The monoisotopic (exact) mass is 347 g/mol. The van der Waals surface area contributed by atoms with Crippen molar-refractivity contribution in [2.24, 2.45) is 0 Å². The fourth-order valence-electron chi connectivity index (χ4n) is 1.86. The minimum absolute atomic E-state index is 0.0573. The number of amides is 1. The predicted molar refractivity (Wildman–Crippen MR) is 88.2 cm³/mol. The van der Waals surface area contributed by atoms with Crippen molar-refractivity contribution in [3.63, 3.8) is 0 Å². The van der Waals surface area contributed by atoms with E-state index in [0.29, 0.717) is 11.9 Å². The Morgan fingerprint density at radius 3 is 2.90 bits per heavy atom. The molecule has 1 N–H and O–H groups in total. The number of ether oxygens (including phenoxy) is 1. The number of carbonyl (C=O) groups is 1. The molecule has 0 aromatic carbocycles. The van der Waals surface area contributed by atoms with Crippen LogP contribution in [0.2, 0.25) is 0 Å². The van der Waals surface area contributed by atoms with E-state index in [1.807, 2.05) is 6.92 Å². The van der Waals surface area contributed by atoms with Gasteiger partial charge in [0.15, 0.2) is 8.68 Å². The van der Waals surface area contributed by atoms with Crippen LogP contribution in [-0.2, 0) is 9.53 Å². The second-order valence-electron chi connectivity index (χ2n) is 4.77. The van der Waals surface area contributed by atoms with Gasteiger partial charge in [0, 0.05) is 18.9 Å². The summed E-state index contributed by atoms with van der Waals surface area (Å²) < 4.78 is 7.51. The van der Waals surface area contributed by atoms with Gasteiger partial charge in [0.2, 0.25) is 5.91 Å². The van der Waals surface area contributed by atoms with Crippen molar-refractivity contribution in [1.29, 1.82) is 0 Å². The van der Waals surface area contributed by atoms with Gasteiger partial charge in [0.25, 0.3) is 0 Å². The topological polar surface area (TPSA) is 64.1 Å². The van der Waals surface area contributed by atoms with Crippen molar-refractivity contribution in [3.8, 4) is 0 Å². The van der Waals surface area contributed by atoms with Gasteiger partial charge in [-0.05, 0) is 25.7 Å². The molecule has 5 nitrogen and oxygen atoms in total. The molecule has 2 heterocycles. The number of hydrogen-bond donors (Lipinski definition) is 1. The first-order valence-electron chi connectivity index (χ1n) is 7.25. The molecule has 1 aromatic heterocycles. The highest BCUT2D eigenvalue weighted by Crippen LogP contribution is 2.30. The van der Waals surface area contributed by atoms with E-state index < -0.39 is 0 Å². The summed E-state index contributed by atoms with van der Waals surface area (Å²) in [6.07, 6.45) is 4.89. The minimum atomic E-state index is 0.0573. The van der Waals surface area contributed by atoms with E-state index in [9.17, 15) is 4.79 Å². The summed E-state index contributed by atoms with van der Waals surface area (Å²) in [6, 6.07) is 0. The van der Waals surface area contributed by atoms with Crippen LogP contribution < -0.4 is 5.32 Å². The van der Waals surface area contributed by atoms with E-state index in [1.165, 1.54) is 24.6 Å². The van der Waals surface area contributed by atoms with E-state index in [2.05, 4.69) is 15.5 Å². The van der Waals surface area contributed by atoms with Gasteiger partial charge in [-0.15, -0.1) is 10.2 Å². The molecule has 8 heteroatoms. The molecule has 1 aliphatic heterocycles.